The molecule has 1 heterocycles. The largest absolute Gasteiger partial charge is 0.477 e. The van der Waals surface area contributed by atoms with Crippen molar-refractivity contribution in [1.29, 1.82) is 0 Å². The maximum absolute atomic E-state index is 11.0. The van der Waals surface area contributed by atoms with Gasteiger partial charge in [0.1, 0.15) is 11.7 Å². The smallest absolute Gasteiger partial charge is 0.352 e. The molecule has 1 amide bonds. The summed E-state index contributed by atoms with van der Waals surface area (Å²) < 4.78 is 1.44. The molecule has 0 aromatic carbocycles. The zero-order chi connectivity index (χ0) is 11.7. The summed E-state index contributed by atoms with van der Waals surface area (Å²) in [6.07, 6.45) is 0. The van der Waals surface area contributed by atoms with Gasteiger partial charge in [-0.1, -0.05) is 0 Å². The van der Waals surface area contributed by atoms with Gasteiger partial charge in [0.15, 0.2) is 0 Å². The van der Waals surface area contributed by atoms with Crippen molar-refractivity contribution >= 4 is 11.9 Å². The molecule has 0 saturated carbocycles. The first kappa shape index (κ1) is 11.3. The molecule has 0 fully saturated rings. The van der Waals surface area contributed by atoms with Gasteiger partial charge in [0.25, 0.3) is 0 Å². The number of nitrogens with two attached hydrogens (primary N) is 1. The van der Waals surface area contributed by atoms with Gasteiger partial charge < -0.3 is 15.4 Å². The molecule has 1 aromatic rings. The van der Waals surface area contributed by atoms with E-state index in [4.69, 9.17) is 10.8 Å². The number of aromatic carboxylic acids is 1. The number of aryl methyl sites for hydroxylation is 2. The van der Waals surface area contributed by atoms with Crippen LogP contribution in [0.2, 0.25) is 0 Å². The molecule has 82 valence electrons. The third kappa shape index (κ3) is 1.86. The van der Waals surface area contributed by atoms with E-state index >= 15 is 0 Å². The summed E-state index contributed by atoms with van der Waals surface area (Å²) in [5.41, 5.74) is 6.64. The van der Waals surface area contributed by atoms with Crippen LogP contribution in [-0.4, -0.2) is 21.6 Å². The van der Waals surface area contributed by atoms with Crippen molar-refractivity contribution in [3.63, 3.8) is 0 Å². The van der Waals surface area contributed by atoms with E-state index in [2.05, 4.69) is 0 Å². The fourth-order valence-corrected chi connectivity index (χ4v) is 1.72. The third-order valence-corrected chi connectivity index (χ3v) is 2.42. The molecule has 0 bridgehead atoms. The van der Waals surface area contributed by atoms with Crippen molar-refractivity contribution in [3.8, 4) is 0 Å². The maximum Gasteiger partial charge on any atom is 0.352 e. The Kier molecular flexibility index (Phi) is 2.83. The molecule has 3 N–H and O–H groups in total. The highest BCUT2D eigenvalue weighted by molar-refractivity contribution is 5.89. The molecule has 1 atom stereocenters. The van der Waals surface area contributed by atoms with Gasteiger partial charge in [-0.3, -0.25) is 4.79 Å². The molecule has 0 aliphatic rings. The van der Waals surface area contributed by atoms with E-state index < -0.39 is 17.9 Å². The lowest BCUT2D eigenvalue weighted by Gasteiger charge is -2.14. The lowest BCUT2D eigenvalue weighted by atomic mass is 10.2. The van der Waals surface area contributed by atoms with Gasteiger partial charge in [-0.05, 0) is 32.4 Å². The van der Waals surface area contributed by atoms with Gasteiger partial charge >= 0.3 is 5.97 Å². The Morgan fingerprint density at radius 2 is 2.00 bits per heavy atom. The van der Waals surface area contributed by atoms with Gasteiger partial charge in [0, 0.05) is 5.69 Å². The second-order valence-electron chi connectivity index (χ2n) is 3.57. The van der Waals surface area contributed by atoms with Crippen LogP contribution in [0.25, 0.3) is 0 Å². The van der Waals surface area contributed by atoms with Crippen molar-refractivity contribution in [1.82, 2.24) is 4.57 Å². The van der Waals surface area contributed by atoms with E-state index in [0.717, 1.165) is 5.69 Å². The predicted molar refractivity (Wildman–Crippen MR) is 54.8 cm³/mol. The minimum absolute atomic E-state index is 0.124. The van der Waals surface area contributed by atoms with Crippen LogP contribution in [0.3, 0.4) is 0 Å². The average molecular weight is 210 g/mol. The number of primary amides is 1. The number of aromatic nitrogens is 1. The summed E-state index contributed by atoms with van der Waals surface area (Å²) in [7, 11) is 0. The van der Waals surface area contributed by atoms with Crippen LogP contribution in [-0.2, 0) is 4.79 Å². The summed E-state index contributed by atoms with van der Waals surface area (Å²) in [6, 6.07) is 1.08. The summed E-state index contributed by atoms with van der Waals surface area (Å²) in [6.45, 7) is 5.03. The highest BCUT2D eigenvalue weighted by Crippen LogP contribution is 2.20. The normalized spacial score (nSPS) is 12.5. The Morgan fingerprint density at radius 3 is 2.40 bits per heavy atom. The third-order valence-electron chi connectivity index (χ3n) is 2.42. The Labute approximate surface area is 87.5 Å². The van der Waals surface area contributed by atoms with E-state index in [0.29, 0.717) is 5.56 Å². The van der Waals surface area contributed by atoms with Gasteiger partial charge in [0.05, 0.1) is 0 Å². The lowest BCUT2D eigenvalue weighted by molar-refractivity contribution is -0.120. The number of carboxylic acid groups (broad SMARTS) is 1. The molecule has 1 aromatic heterocycles. The summed E-state index contributed by atoms with van der Waals surface area (Å²) in [5.74, 6) is -1.59. The molecule has 5 nitrogen and oxygen atoms in total. The van der Waals surface area contributed by atoms with Crippen molar-refractivity contribution in [3.05, 3.63) is 23.0 Å². The summed E-state index contributed by atoms with van der Waals surface area (Å²) >= 11 is 0. The van der Waals surface area contributed by atoms with Crippen molar-refractivity contribution in [2.45, 2.75) is 26.8 Å². The van der Waals surface area contributed by atoms with Crippen molar-refractivity contribution in [2.24, 2.45) is 5.73 Å². The van der Waals surface area contributed by atoms with Crippen LogP contribution >= 0.6 is 0 Å². The first-order valence-electron chi connectivity index (χ1n) is 4.57. The maximum atomic E-state index is 11.0. The molecule has 15 heavy (non-hydrogen) atoms. The highest BCUT2D eigenvalue weighted by Gasteiger charge is 2.22. The number of hydrogen-bond donors (Lipinski definition) is 2. The van der Waals surface area contributed by atoms with Crippen LogP contribution in [0, 0.1) is 13.8 Å². The Hall–Kier alpha value is -1.78. The Morgan fingerprint density at radius 1 is 1.47 bits per heavy atom. The summed E-state index contributed by atoms with van der Waals surface area (Å²) in [5, 5.41) is 9.02. The zero-order valence-electron chi connectivity index (χ0n) is 8.94. The minimum atomic E-state index is -1.05. The zero-order valence-corrected chi connectivity index (χ0v) is 8.94. The molecule has 5 heteroatoms. The molecule has 1 unspecified atom stereocenters. The molecule has 1 rings (SSSR count). The van der Waals surface area contributed by atoms with E-state index in [1.165, 1.54) is 4.57 Å². The number of nitrogens with zero attached hydrogens (tertiary/aromatic N) is 1. The molecule has 0 aliphatic carbocycles. The number of hydrogen-bond acceptors (Lipinski definition) is 2. The number of carboxylic acids is 1. The van der Waals surface area contributed by atoms with Crippen LogP contribution in [0.15, 0.2) is 6.07 Å². The first-order chi connectivity index (χ1) is 6.86. The van der Waals surface area contributed by atoms with Crippen molar-refractivity contribution in [2.75, 3.05) is 0 Å². The van der Waals surface area contributed by atoms with Gasteiger partial charge in [-0.15, -0.1) is 0 Å². The number of rotatable bonds is 3. The fraction of sp³-hybridized carbons (Fsp3) is 0.400. The summed E-state index contributed by atoms with van der Waals surface area (Å²) in [4.78, 5) is 22.1. The first-order valence-corrected chi connectivity index (χ1v) is 4.57. The van der Waals surface area contributed by atoms with E-state index in [1.54, 1.807) is 26.8 Å². The minimum Gasteiger partial charge on any atom is -0.477 e. The Bertz CT molecular complexity index is 421. The molecular formula is C10H14N2O3. The SMILES string of the molecule is Cc1cc(C)n(C(C)C(N)=O)c1C(=O)O. The number of amides is 1. The predicted octanol–water partition coefficient (Wildman–Crippen LogP) is 0.849. The van der Waals surface area contributed by atoms with Gasteiger partial charge in [-0.25, -0.2) is 4.79 Å². The highest BCUT2D eigenvalue weighted by atomic mass is 16.4. The van der Waals surface area contributed by atoms with Crippen LogP contribution in [0.5, 0.6) is 0 Å². The lowest BCUT2D eigenvalue weighted by Crippen LogP contribution is -2.27. The van der Waals surface area contributed by atoms with E-state index in [-0.39, 0.29) is 5.69 Å². The van der Waals surface area contributed by atoms with Crippen molar-refractivity contribution < 1.29 is 14.7 Å². The monoisotopic (exact) mass is 210 g/mol. The fourth-order valence-electron chi connectivity index (χ4n) is 1.72. The molecular weight excluding hydrogens is 196 g/mol. The quantitative estimate of drug-likeness (QED) is 0.775. The number of carbonyl (C=O) groups excluding carboxylic acids is 1. The van der Waals surface area contributed by atoms with Crippen LogP contribution in [0.4, 0.5) is 0 Å². The van der Waals surface area contributed by atoms with Crippen LogP contribution < -0.4 is 5.73 Å². The van der Waals surface area contributed by atoms with E-state index in [1.807, 2.05) is 0 Å². The average Bonchev–Trinajstić information content (AvgIpc) is 2.39. The molecule has 0 saturated heterocycles. The van der Waals surface area contributed by atoms with Gasteiger partial charge in [0.2, 0.25) is 5.91 Å². The Balaban J connectivity index is 3.39. The standard InChI is InChI=1S/C10H14N2O3/c1-5-4-6(2)12(7(3)9(11)13)8(5)10(14)15/h4,7H,1-3H3,(H2,11,13)(H,14,15). The second-order valence-corrected chi connectivity index (χ2v) is 3.57. The van der Waals surface area contributed by atoms with E-state index in [9.17, 15) is 9.59 Å². The topological polar surface area (TPSA) is 85.3 Å². The molecule has 0 aliphatic heterocycles. The molecule has 0 radical (unpaired) electrons. The number of carbonyl (C=O) groups is 2. The van der Waals surface area contributed by atoms with Gasteiger partial charge in [-0.2, -0.15) is 0 Å². The molecule has 0 spiro atoms. The van der Waals surface area contributed by atoms with Crippen LogP contribution in [0.1, 0.15) is 34.7 Å². The second kappa shape index (κ2) is 3.76.